The number of methoxy groups -OCH3 is 1. The number of carbonyl (C=O) groups is 1. The van der Waals surface area contributed by atoms with Crippen molar-refractivity contribution in [3.05, 3.63) is 39.9 Å². The first kappa shape index (κ1) is 12.1. The molecule has 0 N–H and O–H groups in total. The van der Waals surface area contributed by atoms with Crippen molar-refractivity contribution in [2.45, 2.75) is 6.92 Å². The largest absolute Gasteiger partial charge is 0.495 e. The van der Waals surface area contributed by atoms with Crippen molar-refractivity contribution in [3.8, 4) is 5.75 Å². The lowest BCUT2D eigenvalue weighted by Crippen LogP contribution is -1.97. The summed E-state index contributed by atoms with van der Waals surface area (Å²) in [6.45, 7) is 1.76. The lowest BCUT2D eigenvalue weighted by atomic mass is 10.1. The summed E-state index contributed by atoms with van der Waals surface area (Å²) < 4.78 is 5.00. The minimum absolute atomic E-state index is 0.169. The minimum Gasteiger partial charge on any atom is -0.495 e. The number of hydrogen-bond acceptors (Lipinski definition) is 2. The van der Waals surface area contributed by atoms with Crippen molar-refractivity contribution in [1.82, 2.24) is 0 Å². The zero-order chi connectivity index (χ0) is 11.4. The van der Waals surface area contributed by atoms with Gasteiger partial charge in [0, 0.05) is 5.56 Å². The summed E-state index contributed by atoms with van der Waals surface area (Å²) in [7, 11) is 1.49. The Balaban J connectivity index is 3.24. The van der Waals surface area contributed by atoms with Gasteiger partial charge in [0.25, 0.3) is 0 Å². The fourth-order valence-electron chi connectivity index (χ4n) is 1.12. The highest BCUT2D eigenvalue weighted by atomic mass is 35.5. The van der Waals surface area contributed by atoms with Crippen molar-refractivity contribution in [1.29, 1.82) is 0 Å². The Bertz CT molecular complexity index is 411. The van der Waals surface area contributed by atoms with Gasteiger partial charge in [0.2, 0.25) is 0 Å². The molecule has 0 heterocycles. The molecule has 0 spiro atoms. The quantitative estimate of drug-likeness (QED) is 0.598. The molecular weight excluding hydrogens is 235 g/mol. The van der Waals surface area contributed by atoms with Crippen LogP contribution in [0.4, 0.5) is 0 Å². The summed E-state index contributed by atoms with van der Waals surface area (Å²) in [5, 5.41) is 0.712. The van der Waals surface area contributed by atoms with Crippen LogP contribution in [0.25, 0.3) is 0 Å². The highest BCUT2D eigenvalue weighted by Gasteiger charge is 2.12. The number of carbonyl (C=O) groups excluding carboxylic acids is 1. The predicted octanol–water partition coefficient (Wildman–Crippen LogP) is 3.76. The molecule has 80 valence electrons. The van der Waals surface area contributed by atoms with E-state index < -0.39 is 0 Å². The van der Waals surface area contributed by atoms with Crippen LogP contribution in [0, 0.1) is 0 Å². The summed E-state index contributed by atoms with van der Waals surface area (Å²) in [6, 6.07) is 3.03. The Morgan fingerprint density at radius 2 is 2.00 bits per heavy atom. The van der Waals surface area contributed by atoms with Crippen molar-refractivity contribution < 1.29 is 9.53 Å². The van der Waals surface area contributed by atoms with E-state index in [1.54, 1.807) is 13.0 Å². The second-order valence-corrected chi connectivity index (χ2v) is 3.65. The zero-order valence-electron chi connectivity index (χ0n) is 8.38. The third-order valence-corrected chi connectivity index (χ3v) is 2.43. The summed E-state index contributed by atoms with van der Waals surface area (Å²) in [5.41, 5.74) is 0.385. The average Bonchev–Trinajstić information content (AvgIpc) is 2.18. The van der Waals surface area contributed by atoms with E-state index in [1.165, 1.54) is 25.3 Å². The van der Waals surface area contributed by atoms with Gasteiger partial charge in [-0.05, 0) is 25.1 Å². The molecule has 4 heteroatoms. The second-order valence-electron chi connectivity index (χ2n) is 2.83. The number of allylic oxidation sites excluding steroid dienone is 2. The van der Waals surface area contributed by atoms with Gasteiger partial charge < -0.3 is 4.74 Å². The molecule has 0 aliphatic rings. The molecule has 1 aromatic carbocycles. The number of rotatable bonds is 3. The molecular formula is C11H10Cl2O2. The van der Waals surface area contributed by atoms with Crippen LogP contribution in [0.5, 0.6) is 5.75 Å². The summed E-state index contributed by atoms with van der Waals surface area (Å²) in [4.78, 5) is 11.6. The molecule has 2 nitrogen and oxygen atoms in total. The first-order valence-electron chi connectivity index (χ1n) is 4.30. The third-order valence-electron chi connectivity index (χ3n) is 1.82. The van der Waals surface area contributed by atoms with Crippen molar-refractivity contribution in [2.75, 3.05) is 7.11 Å². The Hall–Kier alpha value is -0.990. The van der Waals surface area contributed by atoms with Crippen LogP contribution in [0.3, 0.4) is 0 Å². The monoisotopic (exact) mass is 244 g/mol. The molecule has 15 heavy (non-hydrogen) atoms. The Labute approximate surface area is 98.4 Å². The molecule has 0 bridgehead atoms. The third kappa shape index (κ3) is 2.74. The maximum absolute atomic E-state index is 11.6. The minimum atomic E-state index is -0.169. The van der Waals surface area contributed by atoms with E-state index in [1.807, 2.05) is 0 Å². The molecule has 1 rings (SSSR count). The molecule has 0 aliphatic carbocycles. The normalized spacial score (nSPS) is 10.7. The number of ether oxygens (including phenoxy) is 1. The molecule has 0 aliphatic heterocycles. The van der Waals surface area contributed by atoms with Gasteiger partial charge in [-0.2, -0.15) is 0 Å². The summed E-state index contributed by atoms with van der Waals surface area (Å²) in [6.07, 6.45) is 3.09. The SMILES string of the molecule is C/C=C/C(=O)c1cc(OC)c(Cl)cc1Cl. The van der Waals surface area contributed by atoms with Crippen molar-refractivity contribution in [2.24, 2.45) is 0 Å². The molecule has 0 atom stereocenters. The van der Waals surface area contributed by atoms with Gasteiger partial charge in [-0.1, -0.05) is 29.3 Å². The number of benzene rings is 1. The number of ketones is 1. The van der Waals surface area contributed by atoms with Gasteiger partial charge >= 0.3 is 0 Å². The van der Waals surface area contributed by atoms with E-state index in [-0.39, 0.29) is 5.78 Å². The van der Waals surface area contributed by atoms with Gasteiger partial charge in [0.15, 0.2) is 5.78 Å². The van der Waals surface area contributed by atoms with Crippen LogP contribution >= 0.6 is 23.2 Å². The van der Waals surface area contributed by atoms with Crippen molar-refractivity contribution in [3.63, 3.8) is 0 Å². The summed E-state index contributed by atoms with van der Waals surface area (Å²) >= 11 is 11.7. The van der Waals surface area contributed by atoms with Gasteiger partial charge in [-0.25, -0.2) is 0 Å². The van der Waals surface area contributed by atoms with Crippen LogP contribution in [-0.2, 0) is 0 Å². The molecule has 0 aromatic heterocycles. The van der Waals surface area contributed by atoms with E-state index in [2.05, 4.69) is 0 Å². The number of halogens is 2. The second kappa shape index (κ2) is 5.19. The molecule has 0 saturated heterocycles. The average molecular weight is 245 g/mol. The predicted molar refractivity (Wildman–Crippen MR) is 62.2 cm³/mol. The maximum Gasteiger partial charge on any atom is 0.187 e. The Morgan fingerprint density at radius 3 is 2.53 bits per heavy atom. The highest BCUT2D eigenvalue weighted by molar-refractivity contribution is 6.38. The Morgan fingerprint density at radius 1 is 1.33 bits per heavy atom. The van der Waals surface area contributed by atoms with Crippen LogP contribution in [0.1, 0.15) is 17.3 Å². The Kier molecular flexibility index (Phi) is 4.18. The van der Waals surface area contributed by atoms with Gasteiger partial charge in [0.1, 0.15) is 5.75 Å². The molecule has 1 aromatic rings. The van der Waals surface area contributed by atoms with Crippen LogP contribution in [0.15, 0.2) is 24.3 Å². The van der Waals surface area contributed by atoms with Gasteiger partial charge in [-0.15, -0.1) is 0 Å². The molecule has 0 amide bonds. The summed E-state index contributed by atoms with van der Waals surface area (Å²) in [5.74, 6) is 0.270. The van der Waals surface area contributed by atoms with E-state index in [0.29, 0.717) is 21.4 Å². The van der Waals surface area contributed by atoms with Crippen LogP contribution in [-0.4, -0.2) is 12.9 Å². The standard InChI is InChI=1S/C11H10Cl2O2/c1-3-4-10(14)7-5-11(15-2)9(13)6-8(7)12/h3-6H,1-2H3/b4-3+. The fraction of sp³-hybridized carbons (Fsp3) is 0.182. The van der Waals surface area contributed by atoms with E-state index in [4.69, 9.17) is 27.9 Å². The molecule has 0 fully saturated rings. The molecule has 0 radical (unpaired) electrons. The lowest BCUT2D eigenvalue weighted by Gasteiger charge is -2.06. The van der Waals surface area contributed by atoms with E-state index in [9.17, 15) is 4.79 Å². The first-order valence-corrected chi connectivity index (χ1v) is 5.05. The topological polar surface area (TPSA) is 26.3 Å². The highest BCUT2D eigenvalue weighted by Crippen LogP contribution is 2.31. The van der Waals surface area contributed by atoms with E-state index in [0.717, 1.165) is 0 Å². The van der Waals surface area contributed by atoms with Crippen LogP contribution in [0.2, 0.25) is 10.0 Å². The smallest absolute Gasteiger partial charge is 0.187 e. The number of hydrogen-bond donors (Lipinski definition) is 0. The lowest BCUT2D eigenvalue weighted by molar-refractivity contribution is 0.104. The molecule has 0 saturated carbocycles. The van der Waals surface area contributed by atoms with Crippen LogP contribution < -0.4 is 4.74 Å². The fourth-order valence-corrected chi connectivity index (χ4v) is 1.67. The van der Waals surface area contributed by atoms with Gasteiger partial charge in [0.05, 0.1) is 17.2 Å². The van der Waals surface area contributed by atoms with E-state index >= 15 is 0 Å². The zero-order valence-corrected chi connectivity index (χ0v) is 9.89. The van der Waals surface area contributed by atoms with Crippen molar-refractivity contribution >= 4 is 29.0 Å². The molecule has 0 unspecified atom stereocenters. The van der Waals surface area contributed by atoms with Gasteiger partial charge in [-0.3, -0.25) is 4.79 Å². The maximum atomic E-state index is 11.6. The first-order chi connectivity index (χ1) is 7.10.